The Bertz CT molecular complexity index is 1330. The molecule has 2 heterocycles. The minimum Gasteiger partial charge on any atom is -0.139 e. The molecule has 0 nitrogen and oxygen atoms in total. The van der Waals surface area contributed by atoms with Crippen molar-refractivity contribution in [2.45, 2.75) is 92.9 Å². The Morgan fingerprint density at radius 3 is 1.97 bits per heavy atom. The Kier molecular flexibility index (Phi) is 7.36. The minimum atomic E-state index is 0.119. The second-order valence-electron chi connectivity index (χ2n) is 13.2. The van der Waals surface area contributed by atoms with Gasteiger partial charge in [-0.3, -0.25) is 0 Å². The highest BCUT2D eigenvalue weighted by molar-refractivity contribution is 7.21. The van der Waals surface area contributed by atoms with E-state index in [0.717, 1.165) is 12.8 Å². The molecule has 1 aromatic carbocycles. The SMILES string of the molecule is C=C/C=C(\CC(C)C)c1c2cc(C(C)(C)C)sc2c(C2=CC=C(C(C)C)C2)c2cc(C(C)(C)C)sc12. The van der Waals surface area contributed by atoms with Gasteiger partial charge >= 0.3 is 0 Å². The highest BCUT2D eigenvalue weighted by Gasteiger charge is 2.29. The number of benzene rings is 1. The van der Waals surface area contributed by atoms with Crippen LogP contribution >= 0.6 is 22.7 Å². The quantitative estimate of drug-likeness (QED) is 0.286. The van der Waals surface area contributed by atoms with E-state index in [0.29, 0.717) is 11.8 Å². The van der Waals surface area contributed by atoms with E-state index in [-0.39, 0.29) is 10.8 Å². The number of fused-ring (bicyclic) bond motifs is 2. The monoisotopic (exact) mass is 516 g/mol. The van der Waals surface area contributed by atoms with Gasteiger partial charge in [0.05, 0.1) is 0 Å². The Balaban J connectivity index is 2.16. The van der Waals surface area contributed by atoms with Gasteiger partial charge in [-0.15, -0.1) is 22.7 Å². The van der Waals surface area contributed by atoms with Gasteiger partial charge in [0.25, 0.3) is 0 Å². The van der Waals surface area contributed by atoms with E-state index in [1.165, 1.54) is 52.2 Å². The number of hydrogen-bond donors (Lipinski definition) is 0. The van der Waals surface area contributed by atoms with E-state index < -0.39 is 0 Å². The van der Waals surface area contributed by atoms with Crippen molar-refractivity contribution >= 4 is 54.0 Å². The van der Waals surface area contributed by atoms with E-state index in [2.05, 4.69) is 106 Å². The molecule has 0 atom stereocenters. The summed E-state index contributed by atoms with van der Waals surface area (Å²) in [5.41, 5.74) is 7.61. The molecule has 1 aliphatic rings. The molecule has 0 aliphatic heterocycles. The summed E-state index contributed by atoms with van der Waals surface area (Å²) in [6, 6.07) is 5.03. The van der Waals surface area contributed by atoms with Crippen molar-refractivity contribution < 1.29 is 0 Å². The van der Waals surface area contributed by atoms with Crippen LogP contribution in [0.4, 0.5) is 0 Å². The molecule has 0 bridgehead atoms. The maximum absolute atomic E-state index is 4.10. The van der Waals surface area contributed by atoms with E-state index in [9.17, 15) is 0 Å². The fourth-order valence-corrected chi connectivity index (χ4v) is 7.73. The van der Waals surface area contributed by atoms with Crippen molar-refractivity contribution in [3.8, 4) is 0 Å². The molecular formula is C34H44S2. The van der Waals surface area contributed by atoms with E-state index in [4.69, 9.17) is 0 Å². The third-order valence-corrected chi connectivity index (χ3v) is 10.3. The van der Waals surface area contributed by atoms with Crippen LogP contribution in [-0.2, 0) is 10.8 Å². The number of rotatable bonds is 6. The zero-order chi connectivity index (χ0) is 26.6. The summed E-state index contributed by atoms with van der Waals surface area (Å²) in [6.45, 7) is 27.5. The van der Waals surface area contributed by atoms with Gasteiger partial charge in [-0.2, -0.15) is 0 Å². The summed E-state index contributed by atoms with van der Waals surface area (Å²) in [7, 11) is 0. The Labute approximate surface area is 227 Å². The normalized spacial score (nSPS) is 15.5. The van der Waals surface area contributed by atoms with Gasteiger partial charge in [0.15, 0.2) is 0 Å². The first-order valence-electron chi connectivity index (χ1n) is 13.5. The predicted molar refractivity (Wildman–Crippen MR) is 168 cm³/mol. The van der Waals surface area contributed by atoms with Crippen LogP contribution in [0.2, 0.25) is 0 Å². The lowest BCUT2D eigenvalue weighted by atomic mass is 9.87. The lowest BCUT2D eigenvalue weighted by Crippen LogP contribution is -2.07. The van der Waals surface area contributed by atoms with Crippen molar-refractivity contribution in [3.05, 3.63) is 69.5 Å². The Morgan fingerprint density at radius 1 is 0.889 bits per heavy atom. The molecule has 4 rings (SSSR count). The number of allylic oxidation sites excluding steroid dienone is 7. The first kappa shape index (κ1) is 27.1. The van der Waals surface area contributed by atoms with Crippen LogP contribution in [0.15, 0.2) is 48.6 Å². The lowest BCUT2D eigenvalue weighted by molar-refractivity contribution is 0.604. The van der Waals surface area contributed by atoms with E-state index >= 15 is 0 Å². The second kappa shape index (κ2) is 9.76. The van der Waals surface area contributed by atoms with Crippen molar-refractivity contribution in [3.63, 3.8) is 0 Å². The summed E-state index contributed by atoms with van der Waals surface area (Å²) >= 11 is 4.02. The first-order chi connectivity index (χ1) is 16.7. The van der Waals surface area contributed by atoms with E-state index in [1.54, 1.807) is 5.57 Å². The van der Waals surface area contributed by atoms with Crippen LogP contribution in [0.3, 0.4) is 0 Å². The Hall–Kier alpha value is -1.90. The molecule has 0 N–H and O–H groups in total. The van der Waals surface area contributed by atoms with Gasteiger partial charge in [0, 0.05) is 41.1 Å². The van der Waals surface area contributed by atoms with Gasteiger partial charge in [0.1, 0.15) is 0 Å². The minimum absolute atomic E-state index is 0.119. The molecule has 0 saturated carbocycles. The predicted octanol–water partition coefficient (Wildman–Crippen LogP) is 11.7. The summed E-state index contributed by atoms with van der Waals surface area (Å²) < 4.78 is 2.91. The smallest absolute Gasteiger partial charge is 0.0434 e. The van der Waals surface area contributed by atoms with Gasteiger partial charge in [-0.05, 0) is 58.8 Å². The molecule has 36 heavy (non-hydrogen) atoms. The zero-order valence-electron chi connectivity index (χ0n) is 24.1. The fourth-order valence-electron chi connectivity index (χ4n) is 5.10. The summed E-state index contributed by atoms with van der Waals surface area (Å²) in [5, 5.41) is 2.88. The van der Waals surface area contributed by atoms with Crippen LogP contribution in [0.25, 0.3) is 31.3 Å². The zero-order valence-corrected chi connectivity index (χ0v) is 25.7. The Morgan fingerprint density at radius 2 is 1.47 bits per heavy atom. The molecule has 0 amide bonds. The molecular weight excluding hydrogens is 473 g/mol. The van der Waals surface area contributed by atoms with Gasteiger partial charge in [0.2, 0.25) is 0 Å². The highest BCUT2D eigenvalue weighted by atomic mass is 32.1. The first-order valence-corrected chi connectivity index (χ1v) is 15.1. The van der Waals surface area contributed by atoms with Gasteiger partial charge < -0.3 is 0 Å². The summed E-state index contributed by atoms with van der Waals surface area (Å²) in [5.74, 6) is 1.16. The molecule has 0 unspecified atom stereocenters. The van der Waals surface area contributed by atoms with Crippen molar-refractivity contribution in [1.29, 1.82) is 0 Å². The molecule has 2 heteroatoms. The maximum Gasteiger partial charge on any atom is 0.0434 e. The van der Waals surface area contributed by atoms with Gasteiger partial charge in [-0.1, -0.05) is 106 Å². The average Bonchev–Trinajstić information content (AvgIpc) is 3.48. The van der Waals surface area contributed by atoms with Crippen LogP contribution in [-0.4, -0.2) is 0 Å². The van der Waals surface area contributed by atoms with Crippen molar-refractivity contribution in [2.75, 3.05) is 0 Å². The molecule has 0 spiro atoms. The van der Waals surface area contributed by atoms with Gasteiger partial charge in [-0.25, -0.2) is 0 Å². The van der Waals surface area contributed by atoms with Crippen LogP contribution in [0.1, 0.15) is 103 Å². The van der Waals surface area contributed by atoms with Crippen LogP contribution in [0.5, 0.6) is 0 Å². The molecule has 192 valence electrons. The van der Waals surface area contributed by atoms with E-state index in [1.807, 2.05) is 28.7 Å². The fraction of sp³-hybridized carbons (Fsp3) is 0.471. The maximum atomic E-state index is 4.10. The average molecular weight is 517 g/mol. The summed E-state index contributed by atoms with van der Waals surface area (Å²) in [4.78, 5) is 2.93. The number of thiophene rings is 2. The topological polar surface area (TPSA) is 0 Å². The highest BCUT2D eigenvalue weighted by Crippen LogP contribution is 2.51. The molecule has 1 aliphatic carbocycles. The standard InChI is InChI=1S/C34H44S2/c1-12-13-23(16-20(2)3)29-25-18-27(33(6,7)8)36-32(25)30(24-15-14-22(17-24)21(4)5)26-19-28(34(9,10)11)35-31(26)29/h12-15,18-21H,1,16-17H2,2-11H3/b23-13+. The van der Waals surface area contributed by atoms with Crippen LogP contribution in [0, 0.1) is 11.8 Å². The lowest BCUT2D eigenvalue weighted by Gasteiger charge is -2.17. The molecule has 2 aromatic heterocycles. The van der Waals surface area contributed by atoms with Crippen LogP contribution < -0.4 is 0 Å². The molecule has 0 saturated heterocycles. The van der Waals surface area contributed by atoms with Crippen molar-refractivity contribution in [2.24, 2.45) is 11.8 Å². The number of hydrogen-bond acceptors (Lipinski definition) is 2. The molecule has 0 radical (unpaired) electrons. The third-order valence-electron chi connectivity index (χ3n) is 7.16. The third kappa shape index (κ3) is 5.09. The largest absolute Gasteiger partial charge is 0.139 e. The molecule has 0 fully saturated rings. The van der Waals surface area contributed by atoms with Crippen molar-refractivity contribution in [1.82, 2.24) is 0 Å². The molecule has 3 aromatic rings. The summed E-state index contributed by atoms with van der Waals surface area (Å²) in [6.07, 6.45) is 11.2. The second-order valence-corrected chi connectivity index (χ2v) is 15.4.